The van der Waals surface area contributed by atoms with Gasteiger partial charge in [-0.3, -0.25) is 19.1 Å². The summed E-state index contributed by atoms with van der Waals surface area (Å²) in [6.45, 7) is 3.74. The van der Waals surface area contributed by atoms with Gasteiger partial charge in [0, 0.05) is 28.8 Å². The predicted molar refractivity (Wildman–Crippen MR) is 89.0 cm³/mol. The monoisotopic (exact) mass is 369 g/mol. The number of non-ortho nitro benzene ring substituents is 1. The molecular weight excluding hydrogens is 352 g/mol. The summed E-state index contributed by atoms with van der Waals surface area (Å²) in [6, 6.07) is 2.87. The molecule has 136 valence electrons. The van der Waals surface area contributed by atoms with E-state index in [2.05, 4.69) is 4.98 Å². The van der Waals surface area contributed by atoms with Gasteiger partial charge in [-0.1, -0.05) is 18.0 Å². The number of H-pyrrole nitrogens is 1. The minimum absolute atomic E-state index is 0.0655. The summed E-state index contributed by atoms with van der Waals surface area (Å²) in [4.78, 5) is 24.1. The van der Waals surface area contributed by atoms with Crippen molar-refractivity contribution < 1.29 is 28.0 Å². The molecule has 1 N–H and O–H groups in total. The number of carbonyl (C=O) groups is 1. The predicted octanol–water partition coefficient (Wildman–Crippen LogP) is 2.20. The van der Waals surface area contributed by atoms with Crippen LogP contribution in [0.3, 0.4) is 0 Å². The van der Waals surface area contributed by atoms with Crippen molar-refractivity contribution in [3.63, 3.8) is 0 Å². The van der Waals surface area contributed by atoms with Crippen molar-refractivity contribution in [3.8, 4) is 5.75 Å². The maximum absolute atomic E-state index is 11.3. The van der Waals surface area contributed by atoms with Gasteiger partial charge in [-0.25, -0.2) is 0 Å². The third kappa shape index (κ3) is 4.54. The molecule has 0 aliphatic heterocycles. The molecule has 9 nitrogen and oxygen atoms in total. The van der Waals surface area contributed by atoms with E-state index in [1.54, 1.807) is 26.1 Å². The van der Waals surface area contributed by atoms with Crippen LogP contribution in [0, 0.1) is 16.0 Å². The second kappa shape index (κ2) is 8.08. The Hall–Kier alpha value is -2.46. The van der Waals surface area contributed by atoms with E-state index in [1.165, 1.54) is 6.07 Å². The highest BCUT2D eigenvalue weighted by atomic mass is 32.2. The van der Waals surface area contributed by atoms with Crippen LogP contribution in [-0.4, -0.2) is 37.5 Å². The molecule has 1 aromatic carbocycles. The summed E-state index contributed by atoms with van der Waals surface area (Å²) in [5, 5.41) is 11.8. The van der Waals surface area contributed by atoms with Gasteiger partial charge in [0.05, 0.1) is 17.6 Å². The van der Waals surface area contributed by atoms with Crippen LogP contribution >= 0.6 is 0 Å². The number of aromatic amines is 1. The van der Waals surface area contributed by atoms with Gasteiger partial charge >= 0.3 is 0 Å². The highest BCUT2D eigenvalue weighted by Crippen LogP contribution is 2.35. The Kier molecular flexibility index (Phi) is 6.10. The quantitative estimate of drug-likeness (QED) is 0.310. The highest BCUT2D eigenvalue weighted by Gasteiger charge is 2.21. The fourth-order valence-electron chi connectivity index (χ4n) is 2.45. The van der Waals surface area contributed by atoms with E-state index >= 15 is 0 Å². The van der Waals surface area contributed by atoms with E-state index in [9.17, 15) is 23.7 Å². The van der Waals surface area contributed by atoms with E-state index in [-0.39, 0.29) is 29.7 Å². The summed E-state index contributed by atoms with van der Waals surface area (Å²) in [5.41, 5.74) is 0.684. The Balaban J connectivity index is 2.37. The number of hydrogen-bond donors (Lipinski definition) is 1. The first kappa shape index (κ1) is 18.9. The number of nitro benzene ring substituents is 1. The van der Waals surface area contributed by atoms with Crippen LogP contribution in [0.2, 0.25) is 0 Å². The lowest BCUT2D eigenvalue weighted by atomic mass is 10.1. The van der Waals surface area contributed by atoms with Gasteiger partial charge < -0.3 is 19.0 Å². The van der Waals surface area contributed by atoms with Gasteiger partial charge in [-0.05, 0) is 13.0 Å². The summed E-state index contributed by atoms with van der Waals surface area (Å²) in [6.07, 6.45) is 0.946. The van der Waals surface area contributed by atoms with Gasteiger partial charge in [0.25, 0.3) is 12.2 Å². The second-order valence-corrected chi connectivity index (χ2v) is 6.57. The van der Waals surface area contributed by atoms with Crippen molar-refractivity contribution >= 4 is 34.1 Å². The first-order valence-electron chi connectivity index (χ1n) is 7.40. The van der Waals surface area contributed by atoms with Crippen molar-refractivity contribution in [3.05, 3.63) is 34.0 Å². The summed E-state index contributed by atoms with van der Waals surface area (Å²) in [7, 11) is 0. The number of benzene rings is 1. The number of hydrogen-bond acceptors (Lipinski definition) is 7. The zero-order chi connectivity index (χ0) is 18.6. The van der Waals surface area contributed by atoms with E-state index in [0.29, 0.717) is 22.9 Å². The van der Waals surface area contributed by atoms with Gasteiger partial charge in [-0.2, -0.15) is 0 Å². The summed E-state index contributed by atoms with van der Waals surface area (Å²) < 4.78 is 31.8. The molecule has 25 heavy (non-hydrogen) atoms. The molecule has 2 rings (SSSR count). The zero-order valence-electron chi connectivity index (χ0n) is 13.6. The van der Waals surface area contributed by atoms with Crippen LogP contribution < -0.4 is 4.74 Å². The van der Waals surface area contributed by atoms with Crippen molar-refractivity contribution in [2.45, 2.75) is 20.0 Å². The molecule has 0 saturated carbocycles. The molecule has 10 heteroatoms. The highest BCUT2D eigenvalue weighted by molar-refractivity contribution is 7.79. The normalized spacial score (nSPS) is 14.7. The number of rotatable bonds is 9. The van der Waals surface area contributed by atoms with Crippen LogP contribution in [0.15, 0.2) is 18.3 Å². The molecule has 1 heterocycles. The lowest BCUT2D eigenvalue weighted by Crippen LogP contribution is -2.15. The van der Waals surface area contributed by atoms with E-state index in [0.717, 1.165) is 0 Å². The third-order valence-electron chi connectivity index (χ3n) is 3.62. The van der Waals surface area contributed by atoms with Crippen molar-refractivity contribution in [1.29, 1.82) is 0 Å². The molecule has 0 aliphatic rings. The lowest BCUT2D eigenvalue weighted by Gasteiger charge is -2.15. The molecule has 3 atom stereocenters. The van der Waals surface area contributed by atoms with Gasteiger partial charge in [0.2, 0.25) is 0 Å². The maximum atomic E-state index is 11.3. The molecular formula is C15H17N2O7S-. The topological polar surface area (TPSA) is 135 Å². The van der Waals surface area contributed by atoms with Crippen molar-refractivity contribution in [2.75, 3.05) is 12.4 Å². The molecule has 0 aliphatic carbocycles. The molecule has 0 bridgehead atoms. The fourth-order valence-corrected chi connectivity index (χ4v) is 3.01. The number of nitro groups is 1. The maximum Gasteiger partial charge on any atom is 0.296 e. The smallest absolute Gasteiger partial charge is 0.296 e. The zero-order valence-corrected chi connectivity index (χ0v) is 14.4. The molecule has 0 fully saturated rings. The molecule has 2 aromatic rings. The molecule has 0 amide bonds. The fraction of sp³-hybridized carbons (Fsp3) is 0.400. The Labute approximate surface area is 145 Å². The van der Waals surface area contributed by atoms with E-state index in [1.807, 2.05) is 0 Å². The van der Waals surface area contributed by atoms with Crippen LogP contribution in [0.1, 0.15) is 25.5 Å². The number of carbonyl (C=O) groups excluding carboxylic acids is 1. The SMILES string of the molecule is CC(COc1cc([N+](=O)[O-])c2[nH]cc(C(C)OC=O)c2c1)CS(=O)[O-]. The van der Waals surface area contributed by atoms with Gasteiger partial charge in [0.1, 0.15) is 17.4 Å². The standard InChI is InChI=1S/C15H18N2O7S/c1-9(7-25(21)22)6-23-11-3-12-13(10(2)24-8-18)5-16-15(12)14(4-11)17(19)20/h3-5,8-10,16H,6-7H2,1-2H3,(H,21,22)/p-1. The second-order valence-electron chi connectivity index (χ2n) is 5.63. The Morgan fingerprint density at radius 3 is 2.72 bits per heavy atom. The average molecular weight is 369 g/mol. The van der Waals surface area contributed by atoms with Crippen molar-refractivity contribution in [2.24, 2.45) is 5.92 Å². The summed E-state index contributed by atoms with van der Waals surface area (Å²) >= 11 is -2.19. The van der Waals surface area contributed by atoms with Crippen LogP contribution in [0.5, 0.6) is 5.75 Å². The first-order chi connectivity index (χ1) is 11.8. The molecule has 0 saturated heterocycles. The lowest BCUT2D eigenvalue weighted by molar-refractivity contribution is -0.383. The molecule has 3 unspecified atom stereocenters. The molecule has 1 aromatic heterocycles. The number of ether oxygens (including phenoxy) is 2. The molecule has 0 spiro atoms. The Morgan fingerprint density at radius 2 is 2.12 bits per heavy atom. The number of nitrogens with one attached hydrogen (secondary N) is 1. The average Bonchev–Trinajstić information content (AvgIpc) is 2.95. The van der Waals surface area contributed by atoms with E-state index in [4.69, 9.17) is 9.47 Å². The van der Waals surface area contributed by atoms with Crippen LogP contribution in [0.25, 0.3) is 10.9 Å². The molecule has 0 radical (unpaired) electrons. The van der Waals surface area contributed by atoms with Crippen LogP contribution in [-0.2, 0) is 20.6 Å². The third-order valence-corrected chi connectivity index (χ3v) is 4.46. The van der Waals surface area contributed by atoms with E-state index < -0.39 is 22.1 Å². The van der Waals surface area contributed by atoms with Crippen LogP contribution in [0.4, 0.5) is 5.69 Å². The minimum atomic E-state index is -2.19. The van der Waals surface area contributed by atoms with Crippen molar-refractivity contribution in [1.82, 2.24) is 4.98 Å². The number of nitrogens with zero attached hydrogens (tertiary/aromatic N) is 1. The summed E-state index contributed by atoms with van der Waals surface area (Å²) in [5.74, 6) is -0.0952. The Morgan fingerprint density at radius 1 is 1.40 bits per heavy atom. The first-order valence-corrected chi connectivity index (χ1v) is 8.65. The Bertz CT molecular complexity index is 805. The van der Waals surface area contributed by atoms with Gasteiger partial charge in [0.15, 0.2) is 0 Å². The largest absolute Gasteiger partial charge is 0.772 e. The number of aromatic nitrogens is 1. The minimum Gasteiger partial charge on any atom is -0.772 e. The number of fused-ring (bicyclic) bond motifs is 1. The van der Waals surface area contributed by atoms with Gasteiger partial charge in [-0.15, -0.1) is 0 Å².